The Bertz CT molecular complexity index is 516. The number of aliphatic carboxylic acids is 1. The molecule has 1 aliphatic heterocycles. The normalized spacial score (nSPS) is 22.0. The van der Waals surface area contributed by atoms with E-state index in [9.17, 15) is 14.7 Å². The maximum absolute atomic E-state index is 12.3. The Morgan fingerprint density at radius 2 is 1.86 bits per heavy atom. The summed E-state index contributed by atoms with van der Waals surface area (Å²) in [5, 5.41) is 12.3. The molecule has 5 nitrogen and oxygen atoms in total. The molecule has 22 heavy (non-hydrogen) atoms. The molecule has 0 spiro atoms. The number of nitrogens with zero attached hydrogens (tertiary/aromatic N) is 1. The highest BCUT2D eigenvalue weighted by Gasteiger charge is 2.41. The van der Waals surface area contributed by atoms with Gasteiger partial charge in [-0.1, -0.05) is 44.2 Å². The van der Waals surface area contributed by atoms with Gasteiger partial charge in [0.1, 0.15) is 0 Å². The van der Waals surface area contributed by atoms with Crippen LogP contribution in [0.3, 0.4) is 0 Å². The van der Waals surface area contributed by atoms with E-state index in [0.717, 1.165) is 5.56 Å². The van der Waals surface area contributed by atoms with E-state index in [-0.39, 0.29) is 5.91 Å². The number of carbonyl (C=O) groups excluding carboxylic acids is 1. The summed E-state index contributed by atoms with van der Waals surface area (Å²) in [6.45, 7) is 6.22. The zero-order valence-corrected chi connectivity index (χ0v) is 13.2. The van der Waals surface area contributed by atoms with E-state index in [2.05, 4.69) is 5.32 Å². The van der Waals surface area contributed by atoms with Crippen LogP contribution in [0.5, 0.6) is 0 Å². The molecule has 0 unspecified atom stereocenters. The Balaban J connectivity index is 2.00. The number of carboxylic acids is 1. The van der Waals surface area contributed by atoms with Crippen LogP contribution < -0.4 is 5.32 Å². The third-order valence-electron chi connectivity index (χ3n) is 3.98. The van der Waals surface area contributed by atoms with E-state index in [1.54, 1.807) is 0 Å². The lowest BCUT2D eigenvalue weighted by Crippen LogP contribution is -2.38. The van der Waals surface area contributed by atoms with Gasteiger partial charge < -0.3 is 10.4 Å². The number of carboxylic acid groups (broad SMARTS) is 1. The average molecular weight is 304 g/mol. The molecule has 0 aromatic heterocycles. The molecule has 1 heterocycles. The molecule has 2 rings (SSSR count). The second-order valence-corrected chi connectivity index (χ2v) is 6.37. The van der Waals surface area contributed by atoms with E-state index in [1.807, 2.05) is 49.1 Å². The molecular weight excluding hydrogens is 280 g/mol. The first-order valence-electron chi connectivity index (χ1n) is 7.74. The van der Waals surface area contributed by atoms with E-state index < -0.39 is 17.8 Å². The predicted molar refractivity (Wildman–Crippen MR) is 84.2 cm³/mol. The number of nitrogens with one attached hydrogen (secondary N) is 1. The minimum Gasteiger partial charge on any atom is -0.481 e. The van der Waals surface area contributed by atoms with Crippen LogP contribution in [-0.4, -0.2) is 41.5 Å². The second-order valence-electron chi connectivity index (χ2n) is 6.37. The summed E-state index contributed by atoms with van der Waals surface area (Å²) in [5.41, 5.74) is 1.13. The zero-order valence-electron chi connectivity index (χ0n) is 13.2. The summed E-state index contributed by atoms with van der Waals surface area (Å²) in [6.07, 6.45) is 0. The van der Waals surface area contributed by atoms with Crippen molar-refractivity contribution in [3.05, 3.63) is 35.9 Å². The molecule has 2 atom stereocenters. The van der Waals surface area contributed by atoms with Crippen LogP contribution in [0.25, 0.3) is 0 Å². The van der Waals surface area contributed by atoms with Gasteiger partial charge in [0, 0.05) is 26.2 Å². The third kappa shape index (κ3) is 4.31. The molecule has 1 saturated heterocycles. The van der Waals surface area contributed by atoms with Crippen LogP contribution in [0.1, 0.15) is 19.4 Å². The van der Waals surface area contributed by atoms with Crippen molar-refractivity contribution in [3.8, 4) is 0 Å². The van der Waals surface area contributed by atoms with Gasteiger partial charge in [-0.15, -0.1) is 0 Å². The fourth-order valence-electron chi connectivity index (χ4n) is 2.81. The first-order valence-corrected chi connectivity index (χ1v) is 7.74. The van der Waals surface area contributed by atoms with Gasteiger partial charge in [0.25, 0.3) is 0 Å². The number of carbonyl (C=O) groups is 2. The quantitative estimate of drug-likeness (QED) is 0.837. The molecule has 1 amide bonds. The molecule has 5 heteroatoms. The van der Waals surface area contributed by atoms with Crippen molar-refractivity contribution >= 4 is 11.9 Å². The Hall–Kier alpha value is -1.88. The number of hydrogen-bond acceptors (Lipinski definition) is 3. The van der Waals surface area contributed by atoms with E-state index in [1.165, 1.54) is 0 Å². The van der Waals surface area contributed by atoms with Gasteiger partial charge in [0.2, 0.25) is 5.91 Å². The van der Waals surface area contributed by atoms with Crippen LogP contribution in [0, 0.1) is 17.8 Å². The fraction of sp³-hybridized carbons (Fsp3) is 0.529. The summed E-state index contributed by atoms with van der Waals surface area (Å²) in [4.78, 5) is 25.8. The van der Waals surface area contributed by atoms with Crippen molar-refractivity contribution < 1.29 is 14.7 Å². The molecule has 1 aliphatic rings. The zero-order chi connectivity index (χ0) is 16.1. The van der Waals surface area contributed by atoms with Gasteiger partial charge >= 0.3 is 5.97 Å². The van der Waals surface area contributed by atoms with Crippen molar-refractivity contribution in [2.45, 2.75) is 20.4 Å². The Kier molecular flexibility index (Phi) is 5.55. The number of amides is 1. The fourth-order valence-corrected chi connectivity index (χ4v) is 2.81. The van der Waals surface area contributed by atoms with Gasteiger partial charge in [-0.3, -0.25) is 14.5 Å². The van der Waals surface area contributed by atoms with Crippen molar-refractivity contribution in [2.75, 3.05) is 19.6 Å². The number of hydrogen-bond donors (Lipinski definition) is 2. The lowest BCUT2D eigenvalue weighted by atomic mass is 9.95. The van der Waals surface area contributed by atoms with Crippen LogP contribution in [0.2, 0.25) is 0 Å². The first-order chi connectivity index (χ1) is 10.5. The van der Waals surface area contributed by atoms with Gasteiger partial charge in [-0.05, 0) is 11.5 Å². The van der Waals surface area contributed by atoms with Gasteiger partial charge in [-0.25, -0.2) is 0 Å². The highest BCUT2D eigenvalue weighted by atomic mass is 16.4. The maximum Gasteiger partial charge on any atom is 0.308 e. The molecular formula is C17H24N2O3. The molecule has 0 aliphatic carbocycles. The van der Waals surface area contributed by atoms with Gasteiger partial charge in [0.15, 0.2) is 0 Å². The van der Waals surface area contributed by atoms with Crippen LogP contribution >= 0.6 is 0 Å². The highest BCUT2D eigenvalue weighted by molar-refractivity contribution is 5.85. The first kappa shape index (κ1) is 16.5. The van der Waals surface area contributed by atoms with Crippen LogP contribution in [0.15, 0.2) is 30.3 Å². The highest BCUT2D eigenvalue weighted by Crippen LogP contribution is 2.25. The predicted octanol–water partition coefficient (Wildman–Crippen LogP) is 1.59. The smallest absolute Gasteiger partial charge is 0.308 e. The molecule has 0 saturated carbocycles. The van der Waals surface area contributed by atoms with Crippen molar-refractivity contribution in [3.63, 3.8) is 0 Å². The van der Waals surface area contributed by atoms with E-state index >= 15 is 0 Å². The molecule has 0 radical (unpaired) electrons. The van der Waals surface area contributed by atoms with E-state index in [0.29, 0.717) is 32.1 Å². The third-order valence-corrected chi connectivity index (χ3v) is 3.98. The van der Waals surface area contributed by atoms with Gasteiger partial charge in [-0.2, -0.15) is 0 Å². The second kappa shape index (κ2) is 7.40. The summed E-state index contributed by atoms with van der Waals surface area (Å²) in [7, 11) is 0. The molecule has 1 aromatic rings. The summed E-state index contributed by atoms with van der Waals surface area (Å²) in [6, 6.07) is 9.92. The SMILES string of the molecule is CC(C)CNC(=O)[C@H]1CN(Cc2ccccc2)C[C@H]1C(=O)O. The molecule has 120 valence electrons. The Labute approximate surface area is 131 Å². The standard InChI is InChI=1S/C17H24N2O3/c1-12(2)8-18-16(20)14-10-19(11-15(14)17(21)22)9-13-6-4-3-5-7-13/h3-7,12,14-15H,8-11H2,1-2H3,(H,18,20)(H,21,22)/t14-,15+/m0/s1. The van der Waals surface area contributed by atoms with Crippen molar-refractivity contribution in [2.24, 2.45) is 17.8 Å². The minimum absolute atomic E-state index is 0.142. The van der Waals surface area contributed by atoms with Crippen LogP contribution in [-0.2, 0) is 16.1 Å². The molecule has 0 bridgehead atoms. The Morgan fingerprint density at radius 3 is 2.45 bits per heavy atom. The molecule has 1 aromatic carbocycles. The summed E-state index contributed by atoms with van der Waals surface area (Å²) < 4.78 is 0. The minimum atomic E-state index is -0.889. The maximum atomic E-state index is 12.3. The number of rotatable bonds is 6. The van der Waals surface area contributed by atoms with Crippen molar-refractivity contribution in [1.82, 2.24) is 10.2 Å². The topological polar surface area (TPSA) is 69.6 Å². The lowest BCUT2D eigenvalue weighted by molar-refractivity contribution is -0.145. The van der Waals surface area contributed by atoms with Gasteiger partial charge in [0.05, 0.1) is 11.8 Å². The average Bonchev–Trinajstić information content (AvgIpc) is 2.90. The summed E-state index contributed by atoms with van der Waals surface area (Å²) >= 11 is 0. The lowest BCUT2D eigenvalue weighted by Gasteiger charge is -2.16. The van der Waals surface area contributed by atoms with Crippen molar-refractivity contribution in [1.29, 1.82) is 0 Å². The largest absolute Gasteiger partial charge is 0.481 e. The molecule has 2 N–H and O–H groups in total. The van der Waals surface area contributed by atoms with E-state index in [4.69, 9.17) is 0 Å². The van der Waals surface area contributed by atoms with Crippen LogP contribution in [0.4, 0.5) is 0 Å². The Morgan fingerprint density at radius 1 is 1.23 bits per heavy atom. The summed E-state index contributed by atoms with van der Waals surface area (Å²) in [5.74, 6) is -1.78. The number of benzene rings is 1. The number of likely N-dealkylation sites (tertiary alicyclic amines) is 1. The monoisotopic (exact) mass is 304 g/mol. The molecule has 1 fully saturated rings.